The van der Waals surface area contributed by atoms with Crippen LogP contribution in [0.4, 0.5) is 5.82 Å². The van der Waals surface area contributed by atoms with Crippen LogP contribution in [0, 0.1) is 0 Å². The van der Waals surface area contributed by atoms with Crippen molar-refractivity contribution in [3.8, 4) is 0 Å². The number of aromatic nitrogens is 2. The highest BCUT2D eigenvalue weighted by atomic mass is 16.4. The van der Waals surface area contributed by atoms with E-state index in [-0.39, 0.29) is 0 Å². The van der Waals surface area contributed by atoms with Crippen molar-refractivity contribution in [3.63, 3.8) is 0 Å². The zero-order chi connectivity index (χ0) is 16.5. The van der Waals surface area contributed by atoms with Crippen LogP contribution in [0.1, 0.15) is 11.6 Å². The first-order valence-electron chi connectivity index (χ1n) is 7.40. The van der Waals surface area contributed by atoms with Crippen LogP contribution < -0.4 is 5.32 Å². The Hall–Kier alpha value is -3.41. The molecule has 118 valence electrons. The maximum atomic E-state index is 11.7. The minimum Gasteiger partial charge on any atom is -0.479 e. The van der Waals surface area contributed by atoms with Crippen LogP contribution in [-0.4, -0.2) is 21.0 Å². The average molecular weight is 319 g/mol. The largest absolute Gasteiger partial charge is 0.479 e. The van der Waals surface area contributed by atoms with Crippen molar-refractivity contribution in [2.24, 2.45) is 0 Å². The first-order chi connectivity index (χ1) is 11.7. The molecular formula is C18H13N3O3. The van der Waals surface area contributed by atoms with E-state index in [1.807, 2.05) is 30.3 Å². The van der Waals surface area contributed by atoms with Crippen molar-refractivity contribution in [3.05, 3.63) is 66.5 Å². The van der Waals surface area contributed by atoms with Gasteiger partial charge in [0.25, 0.3) is 0 Å². The molecule has 0 aliphatic heterocycles. The number of carbonyl (C=O) groups is 1. The van der Waals surface area contributed by atoms with E-state index in [1.165, 1.54) is 6.33 Å². The van der Waals surface area contributed by atoms with Gasteiger partial charge in [0.05, 0.1) is 0 Å². The molecule has 6 heteroatoms. The van der Waals surface area contributed by atoms with Gasteiger partial charge in [0.15, 0.2) is 17.4 Å². The van der Waals surface area contributed by atoms with Crippen molar-refractivity contribution in [1.29, 1.82) is 0 Å². The van der Waals surface area contributed by atoms with E-state index < -0.39 is 12.0 Å². The van der Waals surface area contributed by atoms with Gasteiger partial charge < -0.3 is 14.8 Å². The molecule has 6 nitrogen and oxygen atoms in total. The van der Waals surface area contributed by atoms with Gasteiger partial charge in [-0.3, -0.25) is 0 Å². The van der Waals surface area contributed by atoms with Gasteiger partial charge in [0, 0.05) is 5.39 Å². The third-order valence-corrected chi connectivity index (χ3v) is 3.82. The Balaban J connectivity index is 1.82. The summed E-state index contributed by atoms with van der Waals surface area (Å²) in [4.78, 5) is 20.1. The summed E-state index contributed by atoms with van der Waals surface area (Å²) in [6.07, 6.45) is 1.40. The normalized spacial score (nSPS) is 12.3. The minimum atomic E-state index is -0.996. The average Bonchev–Trinajstić information content (AvgIpc) is 2.99. The molecule has 1 atom stereocenters. The highest BCUT2D eigenvalue weighted by Crippen LogP contribution is 2.31. The second-order valence-electron chi connectivity index (χ2n) is 5.32. The fourth-order valence-electron chi connectivity index (χ4n) is 2.70. The molecule has 0 aliphatic carbocycles. The highest BCUT2D eigenvalue weighted by molar-refractivity contribution is 6.05. The lowest BCUT2D eigenvalue weighted by Crippen LogP contribution is -2.21. The molecule has 0 amide bonds. The number of carboxylic acids is 1. The number of furan rings is 1. The van der Waals surface area contributed by atoms with E-state index in [0.717, 1.165) is 5.39 Å². The van der Waals surface area contributed by atoms with Gasteiger partial charge in [-0.15, -0.1) is 0 Å². The summed E-state index contributed by atoms with van der Waals surface area (Å²) in [5.74, 6) is -0.642. The van der Waals surface area contributed by atoms with E-state index in [9.17, 15) is 9.90 Å². The minimum absolute atomic E-state index is 0.354. The fourth-order valence-corrected chi connectivity index (χ4v) is 2.70. The SMILES string of the molecule is O=C(O)C(Nc1ncnc2c1oc1ccccc12)c1ccccc1. The third-order valence-electron chi connectivity index (χ3n) is 3.82. The van der Waals surface area contributed by atoms with Gasteiger partial charge in [-0.1, -0.05) is 42.5 Å². The van der Waals surface area contributed by atoms with Crippen LogP contribution >= 0.6 is 0 Å². The maximum absolute atomic E-state index is 11.7. The van der Waals surface area contributed by atoms with Crippen LogP contribution in [0.2, 0.25) is 0 Å². The molecule has 1 unspecified atom stereocenters. The molecule has 0 radical (unpaired) electrons. The second-order valence-corrected chi connectivity index (χ2v) is 5.32. The third kappa shape index (κ3) is 2.34. The van der Waals surface area contributed by atoms with Crippen LogP contribution in [-0.2, 0) is 4.79 Å². The number of anilines is 1. The van der Waals surface area contributed by atoms with Gasteiger partial charge in [-0.2, -0.15) is 0 Å². The van der Waals surface area contributed by atoms with Gasteiger partial charge in [-0.25, -0.2) is 14.8 Å². The van der Waals surface area contributed by atoms with Crippen molar-refractivity contribution >= 4 is 33.9 Å². The molecule has 2 heterocycles. The molecule has 24 heavy (non-hydrogen) atoms. The molecule has 2 aromatic carbocycles. The number of hydrogen-bond donors (Lipinski definition) is 2. The number of nitrogens with one attached hydrogen (secondary N) is 1. The molecule has 0 bridgehead atoms. The number of carboxylic acid groups (broad SMARTS) is 1. The lowest BCUT2D eigenvalue weighted by atomic mass is 10.1. The summed E-state index contributed by atoms with van der Waals surface area (Å²) in [5.41, 5.74) is 2.41. The number of nitrogens with zero attached hydrogens (tertiary/aromatic N) is 2. The van der Waals surface area contributed by atoms with Crippen molar-refractivity contribution in [2.75, 3.05) is 5.32 Å². The molecule has 4 aromatic rings. The van der Waals surface area contributed by atoms with Crippen LogP contribution in [0.5, 0.6) is 0 Å². The number of fused-ring (bicyclic) bond motifs is 3. The van der Waals surface area contributed by atoms with Gasteiger partial charge >= 0.3 is 5.97 Å². The summed E-state index contributed by atoms with van der Waals surface area (Å²) >= 11 is 0. The molecule has 0 fully saturated rings. The summed E-state index contributed by atoms with van der Waals surface area (Å²) in [6.45, 7) is 0. The summed E-state index contributed by atoms with van der Waals surface area (Å²) in [5, 5.41) is 13.4. The second kappa shape index (κ2) is 5.66. The Morgan fingerprint density at radius 2 is 1.79 bits per heavy atom. The molecule has 2 aromatic heterocycles. The zero-order valence-corrected chi connectivity index (χ0v) is 12.5. The van der Waals surface area contributed by atoms with E-state index in [2.05, 4.69) is 15.3 Å². The standard InChI is InChI=1S/C18H13N3O3/c22-18(23)14(11-6-2-1-3-7-11)21-17-16-15(19-10-20-17)12-8-4-5-9-13(12)24-16/h1-10,14H,(H,22,23)(H,19,20,21). The first-order valence-corrected chi connectivity index (χ1v) is 7.40. The molecule has 0 aliphatic rings. The lowest BCUT2D eigenvalue weighted by Gasteiger charge is -2.15. The Morgan fingerprint density at radius 3 is 2.58 bits per heavy atom. The quantitative estimate of drug-likeness (QED) is 0.597. The monoisotopic (exact) mass is 319 g/mol. The van der Waals surface area contributed by atoms with Crippen LogP contribution in [0.25, 0.3) is 22.1 Å². The maximum Gasteiger partial charge on any atom is 0.330 e. The van der Waals surface area contributed by atoms with Crippen LogP contribution in [0.3, 0.4) is 0 Å². The smallest absolute Gasteiger partial charge is 0.330 e. The van der Waals surface area contributed by atoms with Gasteiger partial charge in [0.1, 0.15) is 17.4 Å². The van der Waals surface area contributed by atoms with E-state index in [0.29, 0.717) is 28.1 Å². The molecule has 2 N–H and O–H groups in total. The Labute approximate surface area is 136 Å². The zero-order valence-electron chi connectivity index (χ0n) is 12.5. The van der Waals surface area contributed by atoms with E-state index in [4.69, 9.17) is 4.42 Å². The van der Waals surface area contributed by atoms with E-state index >= 15 is 0 Å². The Morgan fingerprint density at radius 1 is 1.04 bits per heavy atom. The van der Waals surface area contributed by atoms with Crippen molar-refractivity contribution < 1.29 is 14.3 Å². The topological polar surface area (TPSA) is 88.2 Å². The molecule has 0 saturated heterocycles. The number of benzene rings is 2. The highest BCUT2D eigenvalue weighted by Gasteiger charge is 2.22. The summed E-state index contributed by atoms with van der Waals surface area (Å²) < 4.78 is 5.82. The van der Waals surface area contributed by atoms with Crippen LogP contribution in [0.15, 0.2) is 65.3 Å². The number of aliphatic carboxylic acids is 1. The predicted octanol–water partition coefficient (Wildman–Crippen LogP) is 3.61. The Kier molecular flexibility index (Phi) is 3.35. The van der Waals surface area contributed by atoms with E-state index in [1.54, 1.807) is 24.3 Å². The first kappa shape index (κ1) is 14.2. The van der Waals surface area contributed by atoms with Crippen molar-refractivity contribution in [2.45, 2.75) is 6.04 Å². The Bertz CT molecular complexity index is 1030. The number of hydrogen-bond acceptors (Lipinski definition) is 5. The molecule has 4 rings (SSSR count). The van der Waals surface area contributed by atoms with Gasteiger partial charge in [0.2, 0.25) is 0 Å². The molecule has 0 saturated carbocycles. The number of para-hydroxylation sites is 1. The molecule has 0 spiro atoms. The lowest BCUT2D eigenvalue weighted by molar-refractivity contribution is -0.138. The van der Waals surface area contributed by atoms with Gasteiger partial charge in [-0.05, 0) is 17.7 Å². The number of rotatable bonds is 4. The predicted molar refractivity (Wildman–Crippen MR) is 89.8 cm³/mol. The molecular weight excluding hydrogens is 306 g/mol. The fraction of sp³-hybridized carbons (Fsp3) is 0.0556. The summed E-state index contributed by atoms with van der Waals surface area (Å²) in [7, 11) is 0. The summed E-state index contributed by atoms with van der Waals surface area (Å²) in [6, 6.07) is 15.5. The van der Waals surface area contributed by atoms with Crippen molar-refractivity contribution in [1.82, 2.24) is 9.97 Å².